The molecule has 0 radical (unpaired) electrons. The molecule has 2 aromatic rings. The SMILES string of the molecule is CC(C)c1nc(-c2cccc(F)c2)oc1C(=O)O. The summed E-state index contributed by atoms with van der Waals surface area (Å²) >= 11 is 0. The molecule has 0 fully saturated rings. The fourth-order valence-electron chi connectivity index (χ4n) is 1.62. The Bertz CT molecular complexity index is 590. The number of aromatic nitrogens is 1. The standard InChI is InChI=1S/C13H12FNO3/c1-7(2)10-11(13(16)17)18-12(15-10)8-4-3-5-9(14)6-8/h3-7H,1-2H3,(H,16,17). The van der Waals surface area contributed by atoms with Gasteiger partial charge < -0.3 is 9.52 Å². The summed E-state index contributed by atoms with van der Waals surface area (Å²) in [7, 11) is 0. The van der Waals surface area contributed by atoms with Gasteiger partial charge in [0.2, 0.25) is 11.7 Å². The first kappa shape index (κ1) is 12.3. The number of rotatable bonds is 3. The fourth-order valence-corrected chi connectivity index (χ4v) is 1.62. The van der Waals surface area contributed by atoms with Gasteiger partial charge in [-0.15, -0.1) is 0 Å². The Kier molecular flexibility index (Phi) is 3.14. The molecule has 2 rings (SSSR count). The summed E-state index contributed by atoms with van der Waals surface area (Å²) in [6.07, 6.45) is 0. The molecule has 1 aromatic heterocycles. The summed E-state index contributed by atoms with van der Waals surface area (Å²) in [5, 5.41) is 9.02. The predicted octanol–water partition coefficient (Wildman–Crippen LogP) is 3.30. The first-order valence-corrected chi connectivity index (χ1v) is 5.49. The van der Waals surface area contributed by atoms with E-state index in [0.717, 1.165) is 0 Å². The van der Waals surface area contributed by atoms with Crippen molar-refractivity contribution in [1.29, 1.82) is 0 Å². The van der Waals surface area contributed by atoms with Crippen LogP contribution in [0.5, 0.6) is 0 Å². The Hall–Kier alpha value is -2.17. The zero-order valence-electron chi connectivity index (χ0n) is 9.98. The van der Waals surface area contributed by atoms with Gasteiger partial charge in [0.05, 0.1) is 5.69 Å². The van der Waals surface area contributed by atoms with Gasteiger partial charge in [-0.2, -0.15) is 0 Å². The highest BCUT2D eigenvalue weighted by Gasteiger charge is 2.22. The van der Waals surface area contributed by atoms with Crippen LogP contribution in [0.3, 0.4) is 0 Å². The van der Waals surface area contributed by atoms with Gasteiger partial charge in [-0.1, -0.05) is 19.9 Å². The molecule has 1 heterocycles. The van der Waals surface area contributed by atoms with Crippen LogP contribution >= 0.6 is 0 Å². The zero-order valence-corrected chi connectivity index (χ0v) is 9.98. The molecule has 94 valence electrons. The van der Waals surface area contributed by atoms with Crippen LogP contribution in [0.2, 0.25) is 0 Å². The van der Waals surface area contributed by atoms with Crippen LogP contribution in [-0.2, 0) is 0 Å². The highest BCUT2D eigenvalue weighted by Crippen LogP contribution is 2.26. The Morgan fingerprint density at radius 3 is 2.67 bits per heavy atom. The zero-order chi connectivity index (χ0) is 13.3. The van der Waals surface area contributed by atoms with Crippen molar-refractivity contribution in [2.45, 2.75) is 19.8 Å². The van der Waals surface area contributed by atoms with Gasteiger partial charge in [-0.25, -0.2) is 14.2 Å². The Morgan fingerprint density at radius 1 is 1.44 bits per heavy atom. The molecule has 4 nitrogen and oxygen atoms in total. The molecule has 0 aliphatic carbocycles. The van der Waals surface area contributed by atoms with Gasteiger partial charge in [0, 0.05) is 5.56 Å². The number of oxazole rings is 1. The number of halogens is 1. The van der Waals surface area contributed by atoms with Crippen molar-refractivity contribution >= 4 is 5.97 Å². The summed E-state index contributed by atoms with van der Waals surface area (Å²) in [5.74, 6) is -1.75. The van der Waals surface area contributed by atoms with E-state index in [9.17, 15) is 9.18 Å². The lowest BCUT2D eigenvalue weighted by Gasteiger charge is -1.98. The Labute approximate surface area is 103 Å². The highest BCUT2D eigenvalue weighted by atomic mass is 19.1. The van der Waals surface area contributed by atoms with E-state index in [1.54, 1.807) is 6.07 Å². The summed E-state index contributed by atoms with van der Waals surface area (Å²) in [5.41, 5.74) is 0.783. The molecule has 5 heteroatoms. The minimum atomic E-state index is -1.17. The number of benzene rings is 1. The molecule has 1 aromatic carbocycles. The maximum atomic E-state index is 13.1. The minimum absolute atomic E-state index is 0.0813. The van der Waals surface area contributed by atoms with E-state index >= 15 is 0 Å². The molecule has 0 aliphatic heterocycles. The number of hydrogen-bond acceptors (Lipinski definition) is 3. The van der Waals surface area contributed by atoms with E-state index in [2.05, 4.69) is 4.98 Å². The molecule has 0 amide bonds. The lowest BCUT2D eigenvalue weighted by molar-refractivity contribution is 0.0661. The molecule has 0 spiro atoms. The molecule has 0 aliphatic rings. The van der Waals surface area contributed by atoms with Crippen molar-refractivity contribution < 1.29 is 18.7 Å². The molecule has 0 unspecified atom stereocenters. The second kappa shape index (κ2) is 4.60. The quantitative estimate of drug-likeness (QED) is 0.906. The number of hydrogen-bond donors (Lipinski definition) is 1. The Morgan fingerprint density at radius 2 is 2.17 bits per heavy atom. The molecule has 0 saturated heterocycles. The number of aromatic carboxylic acids is 1. The third kappa shape index (κ3) is 2.25. The van der Waals surface area contributed by atoms with Gasteiger partial charge in [-0.05, 0) is 24.1 Å². The van der Waals surface area contributed by atoms with Crippen molar-refractivity contribution in [3.8, 4) is 11.5 Å². The van der Waals surface area contributed by atoms with Crippen molar-refractivity contribution in [2.75, 3.05) is 0 Å². The van der Waals surface area contributed by atoms with Crippen LogP contribution in [0.4, 0.5) is 4.39 Å². The normalized spacial score (nSPS) is 10.9. The monoisotopic (exact) mass is 249 g/mol. The van der Waals surface area contributed by atoms with E-state index in [1.165, 1.54) is 18.2 Å². The molecule has 0 saturated carbocycles. The molecule has 0 bridgehead atoms. The van der Waals surface area contributed by atoms with Crippen molar-refractivity contribution in [2.24, 2.45) is 0 Å². The van der Waals surface area contributed by atoms with E-state index in [1.807, 2.05) is 13.8 Å². The van der Waals surface area contributed by atoms with Crippen LogP contribution in [0.1, 0.15) is 36.0 Å². The van der Waals surface area contributed by atoms with Crippen molar-refractivity contribution in [3.63, 3.8) is 0 Å². The average molecular weight is 249 g/mol. The van der Waals surface area contributed by atoms with E-state index in [4.69, 9.17) is 9.52 Å². The number of carbonyl (C=O) groups is 1. The third-order valence-electron chi connectivity index (χ3n) is 2.47. The maximum Gasteiger partial charge on any atom is 0.373 e. The van der Waals surface area contributed by atoms with E-state index < -0.39 is 11.8 Å². The number of nitrogens with zero attached hydrogens (tertiary/aromatic N) is 1. The minimum Gasteiger partial charge on any atom is -0.475 e. The van der Waals surface area contributed by atoms with Crippen LogP contribution in [0.15, 0.2) is 28.7 Å². The van der Waals surface area contributed by atoms with E-state index in [0.29, 0.717) is 11.3 Å². The van der Waals surface area contributed by atoms with Gasteiger partial charge in [0.1, 0.15) is 5.82 Å². The average Bonchev–Trinajstić information content (AvgIpc) is 2.73. The molecule has 0 atom stereocenters. The lowest BCUT2D eigenvalue weighted by atomic mass is 10.1. The first-order chi connectivity index (χ1) is 8.49. The summed E-state index contributed by atoms with van der Waals surface area (Å²) < 4.78 is 18.3. The van der Waals surface area contributed by atoms with E-state index in [-0.39, 0.29) is 17.6 Å². The van der Waals surface area contributed by atoms with Gasteiger partial charge in [-0.3, -0.25) is 0 Å². The molecule has 1 N–H and O–H groups in total. The predicted molar refractivity (Wildman–Crippen MR) is 62.9 cm³/mol. The summed E-state index contributed by atoms with van der Waals surface area (Å²) in [4.78, 5) is 15.2. The second-order valence-corrected chi connectivity index (χ2v) is 4.20. The van der Waals surface area contributed by atoms with Gasteiger partial charge in [0.15, 0.2) is 0 Å². The second-order valence-electron chi connectivity index (χ2n) is 4.20. The molecular weight excluding hydrogens is 237 g/mol. The lowest BCUT2D eigenvalue weighted by Crippen LogP contribution is -2.01. The highest BCUT2D eigenvalue weighted by molar-refractivity contribution is 5.86. The van der Waals surface area contributed by atoms with Gasteiger partial charge >= 0.3 is 5.97 Å². The largest absolute Gasteiger partial charge is 0.475 e. The first-order valence-electron chi connectivity index (χ1n) is 5.49. The van der Waals surface area contributed by atoms with Crippen LogP contribution in [-0.4, -0.2) is 16.1 Å². The van der Waals surface area contributed by atoms with Crippen molar-refractivity contribution in [1.82, 2.24) is 4.98 Å². The number of carboxylic acids is 1. The van der Waals surface area contributed by atoms with Crippen molar-refractivity contribution in [3.05, 3.63) is 41.5 Å². The topological polar surface area (TPSA) is 63.3 Å². The van der Waals surface area contributed by atoms with Crippen LogP contribution in [0, 0.1) is 5.82 Å². The number of carboxylic acid groups (broad SMARTS) is 1. The maximum absolute atomic E-state index is 13.1. The summed E-state index contributed by atoms with van der Waals surface area (Å²) in [6, 6.07) is 5.68. The summed E-state index contributed by atoms with van der Waals surface area (Å²) in [6.45, 7) is 3.64. The van der Waals surface area contributed by atoms with Crippen LogP contribution < -0.4 is 0 Å². The van der Waals surface area contributed by atoms with Crippen LogP contribution in [0.25, 0.3) is 11.5 Å². The smallest absolute Gasteiger partial charge is 0.373 e. The fraction of sp³-hybridized carbons (Fsp3) is 0.231. The molecular formula is C13H12FNO3. The Balaban J connectivity index is 2.53. The van der Waals surface area contributed by atoms with Gasteiger partial charge in [0.25, 0.3) is 0 Å². The third-order valence-corrected chi connectivity index (χ3v) is 2.47. The molecule has 18 heavy (non-hydrogen) atoms.